The molecule has 1 aliphatic rings. The number of carboxylic acid groups (broad SMARTS) is 1. The van der Waals surface area contributed by atoms with Crippen molar-refractivity contribution < 1.29 is 22.9 Å². The van der Waals surface area contributed by atoms with Crippen molar-refractivity contribution in [2.45, 2.75) is 17.6 Å². The van der Waals surface area contributed by atoms with Gasteiger partial charge in [-0.15, -0.1) is 0 Å². The Hall–Kier alpha value is -3.16. The van der Waals surface area contributed by atoms with Gasteiger partial charge in [-0.1, -0.05) is 66.7 Å². The molecule has 3 aromatic rings. The van der Waals surface area contributed by atoms with Gasteiger partial charge in [-0.25, -0.2) is 0 Å². The van der Waals surface area contributed by atoms with Gasteiger partial charge in [0, 0.05) is 17.9 Å². The van der Waals surface area contributed by atoms with Crippen LogP contribution in [0.4, 0.5) is 11.4 Å². The molecule has 0 radical (unpaired) electrons. The van der Waals surface area contributed by atoms with Gasteiger partial charge in [0.2, 0.25) is 0 Å². The molecule has 0 aromatic heterocycles. The third kappa shape index (κ3) is 3.69. The number of fused-ring (bicyclic) bond motifs is 2. The van der Waals surface area contributed by atoms with Gasteiger partial charge >= 0.3 is 5.97 Å². The topological polar surface area (TPSA) is 94.9 Å². The van der Waals surface area contributed by atoms with Crippen LogP contribution < -0.4 is 4.90 Å². The fourth-order valence-corrected chi connectivity index (χ4v) is 5.07. The third-order valence-corrected chi connectivity index (χ3v) is 6.70. The predicted octanol–water partition coefficient (Wildman–Crippen LogP) is 4.37. The van der Waals surface area contributed by atoms with Crippen molar-refractivity contribution in [3.63, 3.8) is 0 Å². The lowest BCUT2D eigenvalue weighted by Gasteiger charge is -2.36. The van der Waals surface area contributed by atoms with E-state index in [1.165, 1.54) is 0 Å². The molecule has 0 saturated heterocycles. The number of anilines is 2. The molecule has 2 N–H and O–H groups in total. The highest BCUT2D eigenvalue weighted by Crippen LogP contribution is 2.45. The zero-order valence-corrected chi connectivity index (χ0v) is 16.9. The quantitative estimate of drug-likeness (QED) is 0.572. The zero-order chi connectivity index (χ0) is 21.3. The highest BCUT2D eigenvalue weighted by Gasteiger charge is 2.35. The van der Waals surface area contributed by atoms with Crippen LogP contribution in [0.15, 0.2) is 78.9 Å². The first-order valence-corrected chi connectivity index (χ1v) is 11.1. The molecular formula is C23H21NO5S. The zero-order valence-electron chi connectivity index (χ0n) is 16.0. The molecule has 0 aliphatic carbocycles. The fraction of sp³-hybridized carbons (Fsp3) is 0.174. The largest absolute Gasteiger partial charge is 0.481 e. The third-order valence-electron chi connectivity index (χ3n) is 5.47. The number of carboxylic acids is 1. The molecule has 0 fully saturated rings. The molecule has 7 heteroatoms. The number of rotatable bonds is 6. The molecule has 4 rings (SSSR count). The molecule has 0 spiro atoms. The van der Waals surface area contributed by atoms with Gasteiger partial charge in [0.25, 0.3) is 10.1 Å². The standard InChI is InChI=1S/C23H21NO5S/c25-23(26)22-17-10-4-6-12-19(17)24(20-13-7-5-11-18(20)22)15-14-21(30(27,28)29)16-8-2-1-3-9-16/h1-13,21-22H,14-15H2,(H,25,26)(H,27,28,29). The predicted molar refractivity (Wildman–Crippen MR) is 115 cm³/mol. The number of hydrogen-bond acceptors (Lipinski definition) is 4. The fourth-order valence-electron chi connectivity index (χ4n) is 4.16. The van der Waals surface area contributed by atoms with E-state index in [-0.39, 0.29) is 6.42 Å². The van der Waals surface area contributed by atoms with Crippen LogP contribution in [-0.4, -0.2) is 30.6 Å². The molecule has 1 unspecified atom stereocenters. The Labute approximate surface area is 175 Å². The van der Waals surface area contributed by atoms with Crippen LogP contribution in [0.2, 0.25) is 0 Å². The van der Waals surface area contributed by atoms with Crippen molar-refractivity contribution in [1.29, 1.82) is 0 Å². The summed E-state index contributed by atoms with van der Waals surface area (Å²) in [4.78, 5) is 14.0. The number of nitrogens with zero attached hydrogens (tertiary/aromatic N) is 1. The van der Waals surface area contributed by atoms with Crippen LogP contribution in [0.5, 0.6) is 0 Å². The smallest absolute Gasteiger partial charge is 0.315 e. The average Bonchev–Trinajstić information content (AvgIpc) is 2.72. The Balaban J connectivity index is 1.75. The van der Waals surface area contributed by atoms with E-state index in [2.05, 4.69) is 0 Å². The summed E-state index contributed by atoms with van der Waals surface area (Å²) in [6, 6.07) is 23.1. The first-order valence-electron chi connectivity index (χ1n) is 9.57. The minimum Gasteiger partial charge on any atom is -0.481 e. The number of hydrogen-bond donors (Lipinski definition) is 2. The second-order valence-electron chi connectivity index (χ2n) is 7.24. The van der Waals surface area contributed by atoms with Crippen LogP contribution in [0.25, 0.3) is 0 Å². The minimum atomic E-state index is -4.32. The van der Waals surface area contributed by atoms with Crippen LogP contribution in [0, 0.1) is 0 Å². The SMILES string of the molecule is O=C(O)C1c2ccccc2N(CCC(c2ccccc2)S(=O)(=O)O)c2ccccc21. The van der Waals surface area contributed by atoms with Gasteiger partial charge in [-0.05, 0) is 35.2 Å². The number of carbonyl (C=O) groups is 1. The van der Waals surface area contributed by atoms with Gasteiger partial charge in [-0.2, -0.15) is 8.42 Å². The van der Waals surface area contributed by atoms with Gasteiger partial charge < -0.3 is 10.0 Å². The first kappa shape index (κ1) is 20.1. The van der Waals surface area contributed by atoms with Gasteiger partial charge in [0.15, 0.2) is 0 Å². The van der Waals surface area contributed by atoms with Crippen LogP contribution in [0.3, 0.4) is 0 Å². The highest BCUT2D eigenvalue weighted by atomic mass is 32.2. The second kappa shape index (κ2) is 7.93. The van der Waals surface area contributed by atoms with Crippen molar-refractivity contribution in [3.05, 3.63) is 95.6 Å². The van der Waals surface area contributed by atoms with Crippen molar-refractivity contribution >= 4 is 27.5 Å². The Morgan fingerprint density at radius 2 is 1.37 bits per heavy atom. The van der Waals surface area contributed by atoms with E-state index >= 15 is 0 Å². The normalized spacial score (nSPS) is 14.6. The number of aliphatic carboxylic acids is 1. The molecule has 1 aliphatic heterocycles. The molecule has 1 atom stereocenters. The van der Waals surface area contributed by atoms with E-state index in [0.29, 0.717) is 23.2 Å². The Bertz CT molecular complexity index is 1130. The molecular weight excluding hydrogens is 402 g/mol. The highest BCUT2D eigenvalue weighted by molar-refractivity contribution is 7.86. The lowest BCUT2D eigenvalue weighted by molar-refractivity contribution is -0.137. The van der Waals surface area contributed by atoms with Crippen molar-refractivity contribution in [1.82, 2.24) is 0 Å². The minimum absolute atomic E-state index is 0.142. The number of benzene rings is 3. The summed E-state index contributed by atoms with van der Waals surface area (Å²) >= 11 is 0. The summed E-state index contributed by atoms with van der Waals surface area (Å²) in [7, 11) is -4.32. The maximum Gasteiger partial charge on any atom is 0.315 e. The number of para-hydroxylation sites is 2. The summed E-state index contributed by atoms with van der Waals surface area (Å²) in [5.41, 5.74) is 3.29. The van der Waals surface area contributed by atoms with Crippen LogP contribution in [-0.2, 0) is 14.9 Å². The van der Waals surface area contributed by atoms with Gasteiger partial charge in [-0.3, -0.25) is 9.35 Å². The molecule has 6 nitrogen and oxygen atoms in total. The lowest BCUT2D eigenvalue weighted by Crippen LogP contribution is -2.30. The molecule has 0 saturated carbocycles. The van der Waals surface area contributed by atoms with E-state index in [4.69, 9.17) is 0 Å². The molecule has 30 heavy (non-hydrogen) atoms. The summed E-state index contributed by atoms with van der Waals surface area (Å²) in [6.07, 6.45) is 0.142. The van der Waals surface area contributed by atoms with Crippen LogP contribution in [0.1, 0.15) is 34.3 Å². The summed E-state index contributed by atoms with van der Waals surface area (Å²) in [5.74, 6) is -1.73. The monoisotopic (exact) mass is 423 g/mol. The van der Waals surface area contributed by atoms with Crippen molar-refractivity contribution in [2.75, 3.05) is 11.4 Å². The van der Waals surface area contributed by atoms with Gasteiger partial charge in [0.05, 0.1) is 0 Å². The van der Waals surface area contributed by atoms with E-state index in [1.807, 2.05) is 29.2 Å². The molecule has 154 valence electrons. The van der Waals surface area contributed by atoms with E-state index in [1.54, 1.807) is 54.6 Å². The van der Waals surface area contributed by atoms with Gasteiger partial charge in [0.1, 0.15) is 11.2 Å². The Morgan fingerprint density at radius 3 is 1.87 bits per heavy atom. The lowest BCUT2D eigenvalue weighted by atomic mass is 9.85. The summed E-state index contributed by atoms with van der Waals surface area (Å²) < 4.78 is 34.0. The Kier molecular flexibility index (Phi) is 5.32. The van der Waals surface area contributed by atoms with Crippen LogP contribution >= 0.6 is 0 Å². The first-order chi connectivity index (χ1) is 14.4. The summed E-state index contributed by atoms with van der Waals surface area (Å²) in [6.45, 7) is 0.291. The molecule has 3 aromatic carbocycles. The van der Waals surface area contributed by atoms with E-state index in [9.17, 15) is 22.9 Å². The van der Waals surface area contributed by atoms with Crippen molar-refractivity contribution in [3.8, 4) is 0 Å². The van der Waals surface area contributed by atoms with E-state index < -0.39 is 27.3 Å². The van der Waals surface area contributed by atoms with Crippen molar-refractivity contribution in [2.24, 2.45) is 0 Å². The maximum absolute atomic E-state index is 12.1. The Morgan fingerprint density at radius 1 is 0.867 bits per heavy atom. The molecule has 0 amide bonds. The molecule has 1 heterocycles. The van der Waals surface area contributed by atoms with E-state index in [0.717, 1.165) is 11.4 Å². The molecule has 0 bridgehead atoms. The average molecular weight is 423 g/mol. The maximum atomic E-state index is 12.1. The summed E-state index contributed by atoms with van der Waals surface area (Å²) in [5, 5.41) is 8.79. The second-order valence-corrected chi connectivity index (χ2v) is 8.84.